The van der Waals surface area contributed by atoms with E-state index in [4.69, 9.17) is 0 Å². The molecule has 0 aliphatic heterocycles. The molecule has 0 spiro atoms. The summed E-state index contributed by atoms with van der Waals surface area (Å²) in [6.07, 6.45) is 0. The van der Waals surface area contributed by atoms with Gasteiger partial charge in [-0.05, 0) is 36.0 Å². The van der Waals surface area contributed by atoms with Gasteiger partial charge in [0, 0.05) is 14.9 Å². The van der Waals surface area contributed by atoms with Crippen LogP contribution in [0.3, 0.4) is 0 Å². The Kier molecular flexibility index (Phi) is 3.80. The summed E-state index contributed by atoms with van der Waals surface area (Å²) >= 11 is 4.60. The van der Waals surface area contributed by atoms with Crippen molar-refractivity contribution < 1.29 is 4.79 Å². The van der Waals surface area contributed by atoms with Crippen molar-refractivity contribution in [1.82, 2.24) is 0 Å². The molecule has 0 aromatic heterocycles. The van der Waals surface area contributed by atoms with Gasteiger partial charge in [-0.1, -0.05) is 46.3 Å². The monoisotopic (exact) mass is 292 g/mol. The fourth-order valence-electron chi connectivity index (χ4n) is 1.27. The molecule has 2 aromatic carbocycles. The highest BCUT2D eigenvalue weighted by Gasteiger charge is 2.07. The largest absolute Gasteiger partial charge is 0.281 e. The molecule has 80 valence electrons. The van der Waals surface area contributed by atoms with Crippen LogP contribution >= 0.6 is 27.7 Å². The molecule has 2 aromatic rings. The van der Waals surface area contributed by atoms with Crippen molar-refractivity contribution in [3.05, 3.63) is 64.6 Å². The minimum atomic E-state index is 0.0625. The minimum Gasteiger partial charge on any atom is -0.281 e. The lowest BCUT2D eigenvalue weighted by molar-refractivity contribution is 0.108. The van der Waals surface area contributed by atoms with Gasteiger partial charge in [-0.2, -0.15) is 0 Å². The van der Waals surface area contributed by atoms with E-state index in [2.05, 4.69) is 15.9 Å². The van der Waals surface area contributed by atoms with Crippen molar-refractivity contribution in [1.29, 1.82) is 0 Å². The number of hydrogen-bond acceptors (Lipinski definition) is 2. The Bertz CT molecular complexity index is 496. The van der Waals surface area contributed by atoms with Crippen LogP contribution in [0.5, 0.6) is 0 Å². The molecule has 0 unspecified atom stereocenters. The summed E-state index contributed by atoms with van der Waals surface area (Å²) in [5, 5.41) is 0.0625. The number of rotatable bonds is 2. The maximum absolute atomic E-state index is 11.9. The number of hydrogen-bond donors (Lipinski definition) is 0. The zero-order chi connectivity index (χ0) is 11.4. The fraction of sp³-hybridized carbons (Fsp3) is 0. The van der Waals surface area contributed by atoms with E-state index in [1.54, 1.807) is 0 Å². The van der Waals surface area contributed by atoms with Gasteiger partial charge in [0.25, 0.3) is 0 Å². The molecule has 0 aliphatic carbocycles. The van der Waals surface area contributed by atoms with Crippen LogP contribution in [-0.2, 0) is 0 Å². The van der Waals surface area contributed by atoms with Crippen LogP contribution in [0.2, 0.25) is 0 Å². The van der Waals surface area contributed by atoms with Gasteiger partial charge in [-0.25, -0.2) is 0 Å². The summed E-state index contributed by atoms with van der Waals surface area (Å²) in [6.45, 7) is 0. The quantitative estimate of drug-likeness (QED) is 0.764. The van der Waals surface area contributed by atoms with Gasteiger partial charge in [0.1, 0.15) is 0 Å². The van der Waals surface area contributed by atoms with E-state index in [0.717, 1.165) is 9.37 Å². The molecular weight excluding hydrogens is 284 g/mol. The summed E-state index contributed by atoms with van der Waals surface area (Å²) in [5.41, 5.74) is 0.711. The summed E-state index contributed by atoms with van der Waals surface area (Å²) in [4.78, 5) is 12.9. The van der Waals surface area contributed by atoms with Gasteiger partial charge >= 0.3 is 0 Å². The molecule has 0 saturated carbocycles. The SMILES string of the molecule is O=C(Sc1ccccc1)c1cccc(Br)c1. The lowest BCUT2D eigenvalue weighted by Crippen LogP contribution is -1.92. The van der Waals surface area contributed by atoms with E-state index < -0.39 is 0 Å². The average molecular weight is 293 g/mol. The van der Waals surface area contributed by atoms with Crippen LogP contribution < -0.4 is 0 Å². The number of benzene rings is 2. The van der Waals surface area contributed by atoms with Crippen LogP contribution in [0.25, 0.3) is 0 Å². The summed E-state index contributed by atoms with van der Waals surface area (Å²) in [5.74, 6) is 0. The van der Waals surface area contributed by atoms with Crippen molar-refractivity contribution in [2.75, 3.05) is 0 Å². The molecule has 0 heterocycles. The van der Waals surface area contributed by atoms with E-state index in [1.807, 2.05) is 54.6 Å². The van der Waals surface area contributed by atoms with Crippen molar-refractivity contribution in [2.24, 2.45) is 0 Å². The highest BCUT2D eigenvalue weighted by molar-refractivity contribution is 9.10. The minimum absolute atomic E-state index is 0.0625. The molecule has 0 saturated heterocycles. The van der Waals surface area contributed by atoms with Gasteiger partial charge in [0.15, 0.2) is 0 Å². The summed E-state index contributed by atoms with van der Waals surface area (Å²) in [6, 6.07) is 17.1. The van der Waals surface area contributed by atoms with Crippen molar-refractivity contribution in [2.45, 2.75) is 4.90 Å². The van der Waals surface area contributed by atoms with Gasteiger partial charge in [0.05, 0.1) is 0 Å². The number of thioether (sulfide) groups is 1. The Morgan fingerprint density at radius 1 is 1.00 bits per heavy atom. The second-order valence-corrected chi connectivity index (χ2v) is 5.17. The standard InChI is InChI=1S/C13H9BrOS/c14-11-6-4-5-10(9-11)13(15)16-12-7-2-1-3-8-12/h1-9H. The van der Waals surface area contributed by atoms with Crippen LogP contribution in [0.1, 0.15) is 10.4 Å². The van der Waals surface area contributed by atoms with E-state index in [1.165, 1.54) is 11.8 Å². The molecule has 0 aliphatic rings. The normalized spacial score (nSPS) is 10.1. The van der Waals surface area contributed by atoms with E-state index >= 15 is 0 Å². The van der Waals surface area contributed by atoms with E-state index in [0.29, 0.717) is 5.56 Å². The predicted molar refractivity (Wildman–Crippen MR) is 70.8 cm³/mol. The lowest BCUT2D eigenvalue weighted by atomic mass is 10.2. The van der Waals surface area contributed by atoms with E-state index in [9.17, 15) is 4.79 Å². The maximum Gasteiger partial charge on any atom is 0.224 e. The van der Waals surface area contributed by atoms with Gasteiger partial charge in [0.2, 0.25) is 5.12 Å². The zero-order valence-corrected chi connectivity index (χ0v) is 10.8. The number of halogens is 1. The maximum atomic E-state index is 11.9. The Balaban J connectivity index is 2.15. The molecule has 0 atom stereocenters. The van der Waals surface area contributed by atoms with Crippen molar-refractivity contribution >= 4 is 32.8 Å². The second kappa shape index (κ2) is 5.32. The summed E-state index contributed by atoms with van der Waals surface area (Å²) in [7, 11) is 0. The Labute approximate surface area is 107 Å². The molecule has 0 fully saturated rings. The summed E-state index contributed by atoms with van der Waals surface area (Å²) < 4.78 is 0.923. The van der Waals surface area contributed by atoms with E-state index in [-0.39, 0.29) is 5.12 Å². The first-order valence-corrected chi connectivity index (χ1v) is 6.39. The fourth-order valence-corrected chi connectivity index (χ4v) is 2.42. The smallest absolute Gasteiger partial charge is 0.224 e. The molecule has 2 rings (SSSR count). The highest BCUT2D eigenvalue weighted by Crippen LogP contribution is 2.23. The molecule has 1 nitrogen and oxygen atoms in total. The van der Waals surface area contributed by atoms with Gasteiger partial charge in [-0.15, -0.1) is 0 Å². The topological polar surface area (TPSA) is 17.1 Å². The van der Waals surface area contributed by atoms with Crippen molar-refractivity contribution in [3.63, 3.8) is 0 Å². The first-order valence-electron chi connectivity index (χ1n) is 4.78. The molecule has 0 N–H and O–H groups in total. The van der Waals surface area contributed by atoms with Gasteiger partial charge in [-0.3, -0.25) is 4.79 Å². The number of carbonyl (C=O) groups is 1. The van der Waals surface area contributed by atoms with Crippen LogP contribution in [0.15, 0.2) is 64.0 Å². The Morgan fingerprint density at radius 2 is 1.75 bits per heavy atom. The molecule has 0 radical (unpaired) electrons. The molecule has 0 amide bonds. The number of carbonyl (C=O) groups excluding carboxylic acids is 1. The van der Waals surface area contributed by atoms with Crippen LogP contribution in [0, 0.1) is 0 Å². The molecule has 0 bridgehead atoms. The Hall–Kier alpha value is -1.06. The van der Waals surface area contributed by atoms with Crippen LogP contribution in [0.4, 0.5) is 0 Å². The second-order valence-electron chi connectivity index (χ2n) is 3.21. The first kappa shape index (κ1) is 11.4. The third-order valence-electron chi connectivity index (χ3n) is 2.01. The molecule has 3 heteroatoms. The van der Waals surface area contributed by atoms with Crippen molar-refractivity contribution in [3.8, 4) is 0 Å². The Morgan fingerprint density at radius 3 is 2.44 bits per heavy atom. The first-order chi connectivity index (χ1) is 7.75. The van der Waals surface area contributed by atoms with Gasteiger partial charge < -0.3 is 0 Å². The van der Waals surface area contributed by atoms with Crippen LogP contribution in [-0.4, -0.2) is 5.12 Å². The predicted octanol–water partition coefficient (Wildman–Crippen LogP) is 4.38. The molecule has 16 heavy (non-hydrogen) atoms. The zero-order valence-electron chi connectivity index (χ0n) is 8.39. The third kappa shape index (κ3) is 2.97. The highest BCUT2D eigenvalue weighted by atomic mass is 79.9. The lowest BCUT2D eigenvalue weighted by Gasteiger charge is -2.01. The average Bonchev–Trinajstić information content (AvgIpc) is 2.30. The molecular formula is C13H9BrOS. The third-order valence-corrected chi connectivity index (χ3v) is 3.44.